The summed E-state index contributed by atoms with van der Waals surface area (Å²) in [6.45, 7) is 0. The highest BCUT2D eigenvalue weighted by molar-refractivity contribution is 7.99. The van der Waals surface area contributed by atoms with Gasteiger partial charge in [-0.25, -0.2) is 4.68 Å². The zero-order valence-corrected chi connectivity index (χ0v) is 8.79. The molecule has 1 aliphatic rings. The molecular weight excluding hydrogens is 239 g/mol. The summed E-state index contributed by atoms with van der Waals surface area (Å²) in [7, 11) is 0. The Morgan fingerprint density at radius 2 is 1.94 bits per heavy atom. The lowest BCUT2D eigenvalue weighted by Crippen LogP contribution is -2.07. The molecule has 3 nitrogen and oxygen atoms in total. The zero-order valence-electron chi connectivity index (χ0n) is 7.98. The lowest BCUT2D eigenvalue weighted by molar-refractivity contribution is -0.0329. The highest BCUT2D eigenvalue weighted by Gasteiger charge is 2.29. The number of hydrogen-bond acceptors (Lipinski definition) is 3. The quantitative estimate of drug-likeness (QED) is 0.819. The number of hydrogen-bond donors (Lipinski definition) is 0. The van der Waals surface area contributed by atoms with Crippen molar-refractivity contribution in [1.82, 2.24) is 15.0 Å². The molecule has 0 aliphatic heterocycles. The predicted molar refractivity (Wildman–Crippen MR) is 53.2 cm³/mol. The van der Waals surface area contributed by atoms with Crippen LogP contribution >= 0.6 is 11.8 Å². The number of halogens is 3. The van der Waals surface area contributed by atoms with E-state index in [4.69, 9.17) is 0 Å². The second-order valence-corrected chi connectivity index (χ2v) is 4.07. The summed E-state index contributed by atoms with van der Waals surface area (Å²) in [6.07, 6.45) is 8.74. The van der Waals surface area contributed by atoms with Crippen LogP contribution in [-0.4, -0.2) is 20.5 Å². The molecule has 1 heterocycles. The molecule has 1 saturated carbocycles. The van der Waals surface area contributed by atoms with Crippen molar-refractivity contribution in [3.63, 3.8) is 0 Å². The molecule has 0 spiro atoms. The molecule has 1 aromatic rings. The van der Waals surface area contributed by atoms with Gasteiger partial charge in [-0.1, -0.05) is 5.21 Å². The van der Waals surface area contributed by atoms with E-state index in [0.717, 1.165) is 6.04 Å². The maximum absolute atomic E-state index is 11.9. The van der Waals surface area contributed by atoms with Crippen LogP contribution in [0.3, 0.4) is 0 Å². The van der Waals surface area contributed by atoms with Gasteiger partial charge in [-0.2, -0.15) is 13.2 Å². The van der Waals surface area contributed by atoms with E-state index in [0.29, 0.717) is 5.69 Å². The van der Waals surface area contributed by atoms with Crippen molar-refractivity contribution in [1.29, 1.82) is 0 Å². The van der Waals surface area contributed by atoms with Crippen molar-refractivity contribution in [3.05, 3.63) is 43.6 Å². The molecule has 0 atom stereocenters. The molecule has 1 aliphatic carbocycles. The summed E-state index contributed by atoms with van der Waals surface area (Å²) < 4.78 is 37.2. The maximum atomic E-state index is 11.9. The van der Waals surface area contributed by atoms with Crippen molar-refractivity contribution in [2.75, 3.05) is 0 Å². The van der Waals surface area contributed by atoms with Crippen LogP contribution in [0.25, 0.3) is 0 Å². The molecular formula is C9H7F3N3S. The van der Waals surface area contributed by atoms with Crippen molar-refractivity contribution in [3.8, 4) is 0 Å². The third-order valence-corrected chi connectivity index (χ3v) is 2.60. The summed E-state index contributed by atoms with van der Waals surface area (Å²) >= 11 is -0.119. The van der Waals surface area contributed by atoms with Gasteiger partial charge in [0.2, 0.25) is 0 Å². The van der Waals surface area contributed by atoms with Crippen LogP contribution in [0.15, 0.2) is 6.20 Å². The highest BCUT2D eigenvalue weighted by Crippen LogP contribution is 2.32. The van der Waals surface area contributed by atoms with E-state index < -0.39 is 5.51 Å². The fraction of sp³-hybridized carbons (Fsp3) is 0.222. The van der Waals surface area contributed by atoms with Crippen LogP contribution in [0.5, 0.6) is 0 Å². The number of alkyl halides is 3. The van der Waals surface area contributed by atoms with E-state index in [9.17, 15) is 13.2 Å². The van der Waals surface area contributed by atoms with Gasteiger partial charge < -0.3 is 0 Å². The first-order valence-electron chi connectivity index (χ1n) is 4.38. The fourth-order valence-corrected chi connectivity index (χ4v) is 1.61. The number of thioether (sulfide) groups is 1. The van der Waals surface area contributed by atoms with Gasteiger partial charge in [0.1, 0.15) is 0 Å². The summed E-state index contributed by atoms with van der Waals surface area (Å²) in [4.78, 5) is 0. The summed E-state index contributed by atoms with van der Waals surface area (Å²) in [6, 6.07) is 0.788. The smallest absolute Gasteiger partial charge is 0.243 e. The van der Waals surface area contributed by atoms with E-state index in [2.05, 4.69) is 10.3 Å². The second-order valence-electron chi connectivity index (χ2n) is 3.03. The Morgan fingerprint density at radius 3 is 2.56 bits per heavy atom. The van der Waals surface area contributed by atoms with Crippen molar-refractivity contribution >= 4 is 11.8 Å². The Morgan fingerprint density at radius 1 is 1.25 bits per heavy atom. The Balaban J connectivity index is 1.91. The van der Waals surface area contributed by atoms with Gasteiger partial charge in [0.25, 0.3) is 0 Å². The Hall–Kier alpha value is -0.720. The third-order valence-electron chi connectivity index (χ3n) is 1.83. The van der Waals surface area contributed by atoms with Crippen LogP contribution in [0.2, 0.25) is 0 Å². The van der Waals surface area contributed by atoms with E-state index in [1.165, 1.54) is 10.9 Å². The van der Waals surface area contributed by atoms with Gasteiger partial charge in [-0.3, -0.25) is 0 Å². The van der Waals surface area contributed by atoms with Crippen LogP contribution in [0, 0.1) is 31.7 Å². The molecule has 0 unspecified atom stereocenters. The van der Waals surface area contributed by atoms with E-state index >= 15 is 0 Å². The van der Waals surface area contributed by atoms with Gasteiger partial charge in [-0.15, -0.1) is 5.10 Å². The molecule has 1 fully saturated rings. The monoisotopic (exact) mass is 246 g/mol. The Bertz CT molecular complexity index is 344. The van der Waals surface area contributed by atoms with E-state index in [1.807, 2.05) is 12.8 Å². The van der Waals surface area contributed by atoms with Gasteiger partial charge >= 0.3 is 5.51 Å². The molecule has 0 N–H and O–H groups in total. The van der Waals surface area contributed by atoms with Crippen molar-refractivity contribution in [2.45, 2.75) is 11.3 Å². The van der Waals surface area contributed by atoms with Crippen LogP contribution in [-0.2, 0) is 5.75 Å². The van der Waals surface area contributed by atoms with Gasteiger partial charge in [0.05, 0.1) is 17.9 Å². The van der Waals surface area contributed by atoms with Crippen molar-refractivity contribution in [2.24, 2.45) is 0 Å². The standard InChI is InChI=1S/C9H7F3N3S/c10-9(11,12)16-6-7-5-15(14-13-7)8-3-1-2-4-8/h1-5H,6H2. The van der Waals surface area contributed by atoms with E-state index in [1.54, 1.807) is 12.8 Å². The summed E-state index contributed by atoms with van der Waals surface area (Å²) in [5.74, 6) is -0.218. The molecule has 0 bridgehead atoms. The Kier molecular flexibility index (Phi) is 3.41. The largest absolute Gasteiger partial charge is 0.442 e. The van der Waals surface area contributed by atoms with Crippen LogP contribution < -0.4 is 0 Å². The molecule has 7 heteroatoms. The minimum absolute atomic E-state index is 0.119. The molecule has 16 heavy (non-hydrogen) atoms. The van der Waals surface area contributed by atoms with E-state index in [-0.39, 0.29) is 17.5 Å². The number of aromatic nitrogens is 3. The number of rotatable bonds is 3. The minimum Gasteiger partial charge on any atom is -0.243 e. The average molecular weight is 246 g/mol. The first-order chi connectivity index (χ1) is 7.54. The molecule has 0 saturated heterocycles. The molecule has 85 valence electrons. The molecule has 1 aromatic heterocycles. The fourth-order valence-electron chi connectivity index (χ4n) is 1.16. The molecule has 0 aromatic carbocycles. The molecule has 5 radical (unpaired) electrons. The molecule has 0 amide bonds. The van der Waals surface area contributed by atoms with Gasteiger partial charge in [0.15, 0.2) is 0 Å². The SMILES string of the molecule is FC(F)(F)SCc1cn([C]2[CH][CH][CH][CH]2)nn1. The summed E-state index contributed by atoms with van der Waals surface area (Å²) in [5.41, 5.74) is -3.92. The predicted octanol–water partition coefficient (Wildman–Crippen LogP) is 2.24. The lowest BCUT2D eigenvalue weighted by atomic mass is 10.3. The average Bonchev–Trinajstić information content (AvgIpc) is 2.84. The third kappa shape index (κ3) is 3.13. The highest BCUT2D eigenvalue weighted by atomic mass is 32.2. The Labute approximate surface area is 95.4 Å². The summed E-state index contributed by atoms with van der Waals surface area (Å²) in [5, 5.41) is 7.41. The normalized spacial score (nSPS) is 18.2. The topological polar surface area (TPSA) is 30.7 Å². The van der Waals surface area contributed by atoms with Crippen molar-refractivity contribution < 1.29 is 13.2 Å². The minimum atomic E-state index is -4.23. The van der Waals surface area contributed by atoms with Gasteiger partial charge in [0, 0.05) is 5.75 Å². The van der Waals surface area contributed by atoms with Gasteiger partial charge in [-0.05, 0) is 37.4 Å². The zero-order chi connectivity index (χ0) is 11.6. The first kappa shape index (κ1) is 11.8. The lowest BCUT2D eigenvalue weighted by Gasteiger charge is -2.05. The number of nitrogens with zero attached hydrogens (tertiary/aromatic N) is 3. The molecule has 2 rings (SSSR count). The van der Waals surface area contributed by atoms with Crippen LogP contribution in [0.1, 0.15) is 5.69 Å². The maximum Gasteiger partial charge on any atom is 0.442 e. The van der Waals surface area contributed by atoms with Crippen LogP contribution in [0.4, 0.5) is 13.2 Å². The second kappa shape index (κ2) is 4.65. The first-order valence-corrected chi connectivity index (χ1v) is 5.37.